The molecule has 1 aliphatic rings. The lowest BCUT2D eigenvalue weighted by molar-refractivity contribution is 0.0498. The number of halogens is 2. The lowest BCUT2D eigenvalue weighted by Crippen LogP contribution is -2.46. The number of ether oxygens (including phenoxy) is 1. The zero-order valence-corrected chi connectivity index (χ0v) is 17.5. The van der Waals surface area contributed by atoms with E-state index >= 15 is 0 Å². The fourth-order valence-corrected chi connectivity index (χ4v) is 3.42. The van der Waals surface area contributed by atoms with Gasteiger partial charge in [-0.2, -0.15) is 0 Å². The van der Waals surface area contributed by atoms with Gasteiger partial charge in [-0.1, -0.05) is 30.3 Å². The van der Waals surface area contributed by atoms with Crippen LogP contribution in [0.25, 0.3) is 11.3 Å². The first kappa shape index (κ1) is 22.8. The molecule has 0 bridgehead atoms. The van der Waals surface area contributed by atoms with Crippen LogP contribution in [-0.2, 0) is 0 Å². The minimum Gasteiger partial charge on any atom is -0.490 e. The Labute approximate surface area is 182 Å². The van der Waals surface area contributed by atoms with Gasteiger partial charge in [0.25, 0.3) is 5.91 Å². The maximum Gasteiger partial charge on any atom is 0.289 e. The van der Waals surface area contributed by atoms with Crippen molar-refractivity contribution < 1.29 is 13.9 Å². The Hall–Kier alpha value is -2.50. The lowest BCUT2D eigenvalue weighted by Gasteiger charge is -2.35. The van der Waals surface area contributed by atoms with Crippen molar-refractivity contribution in [1.29, 1.82) is 0 Å². The predicted octanol–water partition coefficient (Wildman–Crippen LogP) is 5.26. The van der Waals surface area contributed by atoms with E-state index in [9.17, 15) is 4.79 Å². The maximum absolute atomic E-state index is 13.0. The van der Waals surface area contributed by atoms with Gasteiger partial charge in [0.15, 0.2) is 5.76 Å². The topological polar surface area (TPSA) is 55.6 Å². The summed E-state index contributed by atoms with van der Waals surface area (Å²) in [5, 5.41) is 0. The van der Waals surface area contributed by atoms with Crippen LogP contribution in [-0.4, -0.2) is 35.0 Å². The molecule has 1 aromatic carbocycles. The Morgan fingerprint density at radius 2 is 1.90 bits per heavy atom. The number of hydrogen-bond donors (Lipinski definition) is 0. The van der Waals surface area contributed by atoms with E-state index in [1.165, 1.54) is 0 Å². The Bertz CT molecular complexity index is 887. The van der Waals surface area contributed by atoms with Crippen molar-refractivity contribution in [2.75, 3.05) is 13.2 Å². The largest absolute Gasteiger partial charge is 0.490 e. The van der Waals surface area contributed by atoms with Crippen LogP contribution in [0.1, 0.15) is 29.8 Å². The zero-order valence-electron chi connectivity index (χ0n) is 15.9. The highest BCUT2D eigenvalue weighted by atomic mass is 35.5. The normalized spacial score (nSPS) is 15.7. The van der Waals surface area contributed by atoms with Crippen LogP contribution in [0.2, 0.25) is 0 Å². The summed E-state index contributed by atoms with van der Waals surface area (Å²) in [6.07, 6.45) is 6.43. The van der Waals surface area contributed by atoms with E-state index in [2.05, 4.69) is 4.98 Å². The van der Waals surface area contributed by atoms with E-state index in [1.807, 2.05) is 53.4 Å². The molecule has 1 fully saturated rings. The van der Waals surface area contributed by atoms with Gasteiger partial charge in [0, 0.05) is 18.3 Å². The molecule has 3 aromatic rings. The number of hydrogen-bond acceptors (Lipinski definition) is 4. The number of rotatable bonds is 5. The van der Waals surface area contributed by atoms with Crippen LogP contribution in [0.5, 0.6) is 5.75 Å². The number of piperidine rings is 1. The molecule has 1 amide bonds. The molecule has 3 heterocycles. The first-order chi connectivity index (χ1) is 13.3. The minimum atomic E-state index is -0.0725. The van der Waals surface area contributed by atoms with Crippen molar-refractivity contribution in [1.82, 2.24) is 9.88 Å². The second-order valence-electron chi connectivity index (χ2n) is 6.68. The number of aromatic nitrogens is 1. The number of carbonyl (C=O) groups is 1. The second kappa shape index (κ2) is 10.9. The summed E-state index contributed by atoms with van der Waals surface area (Å²) < 4.78 is 11.7. The van der Waals surface area contributed by atoms with E-state index in [4.69, 9.17) is 9.15 Å². The van der Waals surface area contributed by atoms with E-state index in [-0.39, 0.29) is 36.8 Å². The van der Waals surface area contributed by atoms with Crippen molar-refractivity contribution in [3.05, 3.63) is 72.8 Å². The zero-order chi connectivity index (χ0) is 18.5. The first-order valence-electron chi connectivity index (χ1n) is 9.30. The Morgan fingerprint density at radius 1 is 1.07 bits per heavy atom. The summed E-state index contributed by atoms with van der Waals surface area (Å²) in [6.45, 7) is 1.19. The molecule has 0 N–H and O–H groups in total. The van der Waals surface area contributed by atoms with Crippen LogP contribution in [0.4, 0.5) is 0 Å². The molecule has 4 rings (SSSR count). The molecule has 1 saturated heterocycles. The average molecular weight is 435 g/mol. The van der Waals surface area contributed by atoms with Crippen molar-refractivity contribution in [3.63, 3.8) is 0 Å². The fraction of sp³-hybridized carbons (Fsp3) is 0.273. The predicted molar refractivity (Wildman–Crippen MR) is 117 cm³/mol. The van der Waals surface area contributed by atoms with Crippen LogP contribution < -0.4 is 4.74 Å². The maximum atomic E-state index is 13.0. The molecule has 5 nitrogen and oxygen atoms in total. The van der Waals surface area contributed by atoms with Crippen LogP contribution in [0.15, 0.2) is 71.4 Å². The van der Waals surface area contributed by atoms with Crippen molar-refractivity contribution in [2.45, 2.75) is 25.3 Å². The van der Waals surface area contributed by atoms with Crippen LogP contribution in [0.3, 0.4) is 0 Å². The van der Waals surface area contributed by atoms with Crippen LogP contribution in [0, 0.1) is 0 Å². The number of likely N-dealkylation sites (tertiary alicyclic amines) is 1. The SMILES string of the molecule is Cl.Cl.O=C(c1ccc(-c2ccccc2)o1)N1CCCCC1COc1cccnc1. The third-order valence-electron chi connectivity index (χ3n) is 4.84. The summed E-state index contributed by atoms with van der Waals surface area (Å²) in [5.74, 6) is 1.73. The summed E-state index contributed by atoms with van der Waals surface area (Å²) in [4.78, 5) is 19.0. The van der Waals surface area contributed by atoms with Gasteiger partial charge in [-0.3, -0.25) is 9.78 Å². The van der Waals surface area contributed by atoms with E-state index < -0.39 is 0 Å². The lowest BCUT2D eigenvalue weighted by atomic mass is 10.0. The number of amides is 1. The molecule has 1 atom stereocenters. The summed E-state index contributed by atoms with van der Waals surface area (Å²) in [5.41, 5.74) is 0.964. The number of carbonyl (C=O) groups excluding carboxylic acids is 1. The summed E-state index contributed by atoms with van der Waals surface area (Å²) in [7, 11) is 0. The quantitative estimate of drug-likeness (QED) is 0.549. The second-order valence-corrected chi connectivity index (χ2v) is 6.68. The molecule has 1 aliphatic heterocycles. The van der Waals surface area contributed by atoms with E-state index in [1.54, 1.807) is 18.5 Å². The third-order valence-corrected chi connectivity index (χ3v) is 4.84. The monoisotopic (exact) mass is 434 g/mol. The van der Waals surface area contributed by atoms with Gasteiger partial charge in [-0.05, 0) is 43.5 Å². The molecule has 0 aliphatic carbocycles. The summed E-state index contributed by atoms with van der Waals surface area (Å²) >= 11 is 0. The fourth-order valence-electron chi connectivity index (χ4n) is 3.42. The van der Waals surface area contributed by atoms with E-state index in [0.717, 1.165) is 37.1 Å². The summed E-state index contributed by atoms with van der Waals surface area (Å²) in [6, 6.07) is 17.2. The highest BCUT2D eigenvalue weighted by Crippen LogP contribution is 2.25. The molecule has 0 spiro atoms. The van der Waals surface area contributed by atoms with Gasteiger partial charge in [0.05, 0.1) is 12.2 Å². The highest BCUT2D eigenvalue weighted by molar-refractivity contribution is 5.92. The standard InChI is InChI=1S/C22H22N2O3.2ClH/c25-22(21-12-11-20(27-21)17-7-2-1-3-8-17)24-14-5-4-9-18(24)16-26-19-10-6-13-23-15-19;;/h1-3,6-8,10-13,15,18H,4-5,9,14,16H2;2*1H. The Balaban J connectivity index is 0.00000150. The molecule has 2 aromatic heterocycles. The smallest absolute Gasteiger partial charge is 0.289 e. The van der Waals surface area contributed by atoms with Gasteiger partial charge < -0.3 is 14.1 Å². The molecule has 1 unspecified atom stereocenters. The molecule has 0 saturated carbocycles. The van der Waals surface area contributed by atoms with Crippen LogP contribution >= 0.6 is 24.8 Å². The average Bonchev–Trinajstić information content (AvgIpc) is 3.24. The van der Waals surface area contributed by atoms with Gasteiger partial charge in [0.1, 0.15) is 18.1 Å². The van der Waals surface area contributed by atoms with Crippen molar-refractivity contribution >= 4 is 30.7 Å². The molecular weight excluding hydrogens is 411 g/mol. The molecule has 0 radical (unpaired) electrons. The Morgan fingerprint density at radius 3 is 2.66 bits per heavy atom. The molecule has 29 heavy (non-hydrogen) atoms. The molecular formula is C22H24Cl2N2O3. The number of pyridine rings is 1. The highest BCUT2D eigenvalue weighted by Gasteiger charge is 2.29. The first-order valence-corrected chi connectivity index (χ1v) is 9.30. The van der Waals surface area contributed by atoms with Gasteiger partial charge >= 0.3 is 0 Å². The molecule has 7 heteroatoms. The number of nitrogens with zero attached hydrogens (tertiary/aromatic N) is 2. The van der Waals surface area contributed by atoms with Gasteiger partial charge in [-0.15, -0.1) is 24.8 Å². The van der Waals surface area contributed by atoms with Gasteiger partial charge in [0.2, 0.25) is 0 Å². The molecule has 154 valence electrons. The van der Waals surface area contributed by atoms with Crippen molar-refractivity contribution in [3.8, 4) is 17.1 Å². The van der Waals surface area contributed by atoms with E-state index in [0.29, 0.717) is 18.1 Å². The third kappa shape index (κ3) is 5.52. The number of furan rings is 1. The Kier molecular flexibility index (Phi) is 8.55. The number of benzene rings is 1. The van der Waals surface area contributed by atoms with Crippen molar-refractivity contribution in [2.24, 2.45) is 0 Å². The minimum absolute atomic E-state index is 0. The van der Waals surface area contributed by atoms with Gasteiger partial charge in [-0.25, -0.2) is 0 Å².